The molecular weight excluding hydrogens is 360 g/mol. The van der Waals surface area contributed by atoms with Gasteiger partial charge in [-0.3, -0.25) is 4.79 Å². The predicted molar refractivity (Wildman–Crippen MR) is 108 cm³/mol. The monoisotopic (exact) mass is 382 g/mol. The Kier molecular flexibility index (Phi) is 6.13. The maximum absolute atomic E-state index is 12.3. The van der Waals surface area contributed by atoms with E-state index >= 15 is 0 Å². The van der Waals surface area contributed by atoms with Crippen molar-refractivity contribution in [2.24, 2.45) is 7.05 Å². The number of Topliss-reactive ketones (excluding diaryl/α,β-unsaturated/α-hetero) is 1. The second-order valence-corrected chi connectivity index (χ2v) is 7.06. The summed E-state index contributed by atoms with van der Waals surface area (Å²) in [7, 11) is 3.51. The van der Waals surface area contributed by atoms with E-state index in [0.717, 1.165) is 22.4 Å². The van der Waals surface area contributed by atoms with Crippen LogP contribution in [0.1, 0.15) is 21.7 Å². The summed E-state index contributed by atoms with van der Waals surface area (Å²) in [5.74, 6) is 1.90. The molecule has 1 aromatic heterocycles. The van der Waals surface area contributed by atoms with Gasteiger partial charge in [-0.1, -0.05) is 29.5 Å². The van der Waals surface area contributed by atoms with Gasteiger partial charge in [0.15, 0.2) is 16.8 Å². The van der Waals surface area contributed by atoms with Crippen LogP contribution in [0.3, 0.4) is 0 Å². The molecule has 0 bridgehead atoms. The molecule has 2 aromatic carbocycles. The summed E-state index contributed by atoms with van der Waals surface area (Å²) in [6.07, 6.45) is 0. The van der Waals surface area contributed by atoms with E-state index in [1.807, 2.05) is 23.7 Å². The first-order valence-corrected chi connectivity index (χ1v) is 9.54. The van der Waals surface area contributed by atoms with Crippen molar-refractivity contribution in [1.29, 1.82) is 0 Å². The van der Waals surface area contributed by atoms with Crippen molar-refractivity contribution in [2.45, 2.75) is 18.6 Å². The lowest BCUT2D eigenvalue weighted by molar-refractivity contribution is 0.102. The molecule has 0 aliphatic rings. The van der Waals surface area contributed by atoms with E-state index in [-0.39, 0.29) is 5.78 Å². The van der Waals surface area contributed by atoms with Gasteiger partial charge in [-0.05, 0) is 43.3 Å². The quantitative estimate of drug-likeness (QED) is 0.473. The second kappa shape index (κ2) is 8.73. The molecule has 1 heterocycles. The van der Waals surface area contributed by atoms with E-state index in [1.165, 1.54) is 17.3 Å². The van der Waals surface area contributed by atoms with Gasteiger partial charge in [0.1, 0.15) is 5.75 Å². The SMILES string of the molecule is COc1ccc(C(=O)CSc2nnc(CNc3ccc(C)cc3)n2C)cc1. The summed E-state index contributed by atoms with van der Waals surface area (Å²) >= 11 is 1.39. The minimum Gasteiger partial charge on any atom is -0.497 e. The zero-order chi connectivity index (χ0) is 19.2. The standard InChI is InChI=1S/C20H22N4O2S/c1-14-4-8-16(9-5-14)21-12-19-22-23-20(24(19)2)27-13-18(25)15-6-10-17(26-3)11-7-15/h4-11,21H,12-13H2,1-3H3. The Bertz CT molecular complexity index is 905. The molecule has 1 N–H and O–H groups in total. The Labute approximate surface area is 163 Å². The lowest BCUT2D eigenvalue weighted by atomic mass is 10.1. The normalized spacial score (nSPS) is 10.6. The highest BCUT2D eigenvalue weighted by atomic mass is 32.2. The van der Waals surface area contributed by atoms with Gasteiger partial charge in [0.25, 0.3) is 0 Å². The number of nitrogens with zero attached hydrogens (tertiary/aromatic N) is 3. The highest BCUT2D eigenvalue weighted by molar-refractivity contribution is 7.99. The molecule has 6 nitrogen and oxygen atoms in total. The Morgan fingerprint density at radius 3 is 2.48 bits per heavy atom. The number of nitrogens with one attached hydrogen (secondary N) is 1. The molecule has 7 heteroatoms. The molecule has 3 aromatic rings. The van der Waals surface area contributed by atoms with Crippen LogP contribution in [0.2, 0.25) is 0 Å². The van der Waals surface area contributed by atoms with E-state index in [9.17, 15) is 4.79 Å². The molecule has 140 valence electrons. The maximum atomic E-state index is 12.3. The fraction of sp³-hybridized carbons (Fsp3) is 0.250. The van der Waals surface area contributed by atoms with Crippen LogP contribution in [-0.4, -0.2) is 33.4 Å². The average molecular weight is 382 g/mol. The fourth-order valence-electron chi connectivity index (χ4n) is 2.47. The zero-order valence-corrected chi connectivity index (χ0v) is 16.4. The molecule has 0 aliphatic heterocycles. The molecule has 0 saturated heterocycles. The topological polar surface area (TPSA) is 69.0 Å². The summed E-state index contributed by atoms with van der Waals surface area (Å²) in [4.78, 5) is 12.3. The number of thioether (sulfide) groups is 1. The van der Waals surface area contributed by atoms with Crippen LogP contribution in [0.25, 0.3) is 0 Å². The number of methoxy groups -OCH3 is 1. The van der Waals surface area contributed by atoms with E-state index in [4.69, 9.17) is 4.74 Å². The van der Waals surface area contributed by atoms with Gasteiger partial charge >= 0.3 is 0 Å². The van der Waals surface area contributed by atoms with Gasteiger partial charge in [0, 0.05) is 18.3 Å². The van der Waals surface area contributed by atoms with Crippen LogP contribution < -0.4 is 10.1 Å². The molecular formula is C20H22N4O2S. The van der Waals surface area contributed by atoms with E-state index < -0.39 is 0 Å². The maximum Gasteiger partial charge on any atom is 0.191 e. The Balaban J connectivity index is 1.56. The summed E-state index contributed by atoms with van der Waals surface area (Å²) in [6, 6.07) is 15.3. The average Bonchev–Trinajstić information content (AvgIpc) is 3.05. The van der Waals surface area contributed by atoms with Crippen molar-refractivity contribution in [3.63, 3.8) is 0 Å². The first-order valence-electron chi connectivity index (χ1n) is 8.55. The number of ether oxygens (including phenoxy) is 1. The van der Waals surface area contributed by atoms with Crippen molar-refractivity contribution in [3.05, 3.63) is 65.5 Å². The number of aromatic nitrogens is 3. The third kappa shape index (κ3) is 4.89. The van der Waals surface area contributed by atoms with Gasteiger partial charge in [-0.2, -0.15) is 0 Å². The van der Waals surface area contributed by atoms with Crippen molar-refractivity contribution < 1.29 is 9.53 Å². The molecule has 0 radical (unpaired) electrons. The number of anilines is 1. The largest absolute Gasteiger partial charge is 0.497 e. The third-order valence-electron chi connectivity index (χ3n) is 4.17. The molecule has 3 rings (SSSR count). The van der Waals surface area contributed by atoms with Gasteiger partial charge in [-0.25, -0.2) is 0 Å². The van der Waals surface area contributed by atoms with Crippen LogP contribution in [0.15, 0.2) is 53.7 Å². The van der Waals surface area contributed by atoms with E-state index in [0.29, 0.717) is 17.9 Å². The Morgan fingerprint density at radius 1 is 1.11 bits per heavy atom. The second-order valence-electron chi connectivity index (χ2n) is 6.12. The molecule has 0 aliphatic carbocycles. The minimum absolute atomic E-state index is 0.0463. The number of aryl methyl sites for hydroxylation is 1. The van der Waals surface area contributed by atoms with Gasteiger partial charge in [0.05, 0.1) is 19.4 Å². The molecule has 0 atom stereocenters. The van der Waals surface area contributed by atoms with Crippen LogP contribution in [0, 0.1) is 6.92 Å². The minimum atomic E-state index is 0.0463. The molecule has 27 heavy (non-hydrogen) atoms. The molecule has 0 amide bonds. The summed E-state index contributed by atoms with van der Waals surface area (Å²) in [5, 5.41) is 12.5. The van der Waals surface area contributed by atoms with Crippen LogP contribution in [-0.2, 0) is 13.6 Å². The van der Waals surface area contributed by atoms with Crippen LogP contribution >= 0.6 is 11.8 Å². The number of benzene rings is 2. The zero-order valence-electron chi connectivity index (χ0n) is 15.6. The Morgan fingerprint density at radius 2 is 1.81 bits per heavy atom. The number of carbonyl (C=O) groups excluding carboxylic acids is 1. The number of hydrogen-bond donors (Lipinski definition) is 1. The van der Waals surface area contributed by atoms with Gasteiger partial charge in [-0.15, -0.1) is 10.2 Å². The van der Waals surface area contributed by atoms with Crippen molar-refractivity contribution >= 4 is 23.2 Å². The highest BCUT2D eigenvalue weighted by Gasteiger charge is 2.12. The van der Waals surface area contributed by atoms with Crippen molar-refractivity contribution in [1.82, 2.24) is 14.8 Å². The first kappa shape index (κ1) is 19.0. The number of carbonyl (C=O) groups is 1. The van der Waals surface area contributed by atoms with Gasteiger partial charge in [0.2, 0.25) is 0 Å². The molecule has 0 spiro atoms. The number of hydrogen-bond acceptors (Lipinski definition) is 6. The van der Waals surface area contributed by atoms with Crippen molar-refractivity contribution in [3.8, 4) is 5.75 Å². The fourth-order valence-corrected chi connectivity index (χ4v) is 3.29. The lowest BCUT2D eigenvalue weighted by Gasteiger charge is -2.07. The van der Waals surface area contributed by atoms with Crippen molar-refractivity contribution in [2.75, 3.05) is 18.2 Å². The predicted octanol–water partition coefficient (Wildman–Crippen LogP) is 3.72. The first-order chi connectivity index (χ1) is 13.1. The molecule has 0 fully saturated rings. The molecule has 0 saturated carbocycles. The van der Waals surface area contributed by atoms with E-state index in [1.54, 1.807) is 31.4 Å². The third-order valence-corrected chi connectivity index (χ3v) is 5.19. The van der Waals surface area contributed by atoms with E-state index in [2.05, 4.69) is 34.6 Å². The van der Waals surface area contributed by atoms with Gasteiger partial charge < -0.3 is 14.6 Å². The highest BCUT2D eigenvalue weighted by Crippen LogP contribution is 2.19. The smallest absolute Gasteiger partial charge is 0.191 e. The lowest BCUT2D eigenvalue weighted by Crippen LogP contribution is -2.07. The summed E-state index contributed by atoms with van der Waals surface area (Å²) in [5.41, 5.74) is 2.92. The molecule has 0 unspecified atom stereocenters. The van der Waals surface area contributed by atoms with Crippen LogP contribution in [0.4, 0.5) is 5.69 Å². The summed E-state index contributed by atoms with van der Waals surface area (Å²) < 4.78 is 7.02. The Hall–Kier alpha value is -2.80. The number of ketones is 1. The van der Waals surface area contributed by atoms with Crippen LogP contribution in [0.5, 0.6) is 5.75 Å². The number of rotatable bonds is 8. The summed E-state index contributed by atoms with van der Waals surface area (Å²) in [6.45, 7) is 2.63.